The Labute approximate surface area is 173 Å². The van der Waals surface area contributed by atoms with Gasteiger partial charge in [-0.2, -0.15) is 0 Å². The zero-order chi connectivity index (χ0) is 20.1. The van der Waals surface area contributed by atoms with Gasteiger partial charge in [0.2, 0.25) is 11.1 Å². The molecule has 2 heterocycles. The summed E-state index contributed by atoms with van der Waals surface area (Å²) in [5.41, 5.74) is 3.24. The summed E-state index contributed by atoms with van der Waals surface area (Å²) in [5, 5.41) is 12.3. The molecule has 0 radical (unpaired) electrons. The molecule has 4 rings (SSSR count). The van der Waals surface area contributed by atoms with Gasteiger partial charge in [-0.3, -0.25) is 9.47 Å². The number of nitrogens with zero attached hydrogens (tertiary/aromatic N) is 4. The molecule has 1 amide bonds. The van der Waals surface area contributed by atoms with Gasteiger partial charge in [-0.25, -0.2) is 4.68 Å². The summed E-state index contributed by atoms with van der Waals surface area (Å²) in [5.74, 6) is 0.948. The van der Waals surface area contributed by atoms with Crippen molar-refractivity contribution in [1.82, 2.24) is 24.9 Å². The smallest absolute Gasteiger partial charge is 0.230 e. The van der Waals surface area contributed by atoms with E-state index < -0.39 is 0 Å². The van der Waals surface area contributed by atoms with E-state index in [9.17, 15) is 4.79 Å². The van der Waals surface area contributed by atoms with E-state index in [1.165, 1.54) is 17.3 Å². The molecule has 0 bridgehead atoms. The molecular weight excluding hydrogens is 382 g/mol. The van der Waals surface area contributed by atoms with Crippen molar-refractivity contribution in [3.05, 3.63) is 90.3 Å². The number of carbonyl (C=O) groups is 1. The third-order valence-corrected chi connectivity index (χ3v) is 5.33. The van der Waals surface area contributed by atoms with Crippen LogP contribution in [0.15, 0.2) is 84.3 Å². The summed E-state index contributed by atoms with van der Waals surface area (Å²) in [4.78, 5) is 12.3. The minimum absolute atomic E-state index is 0.0427. The maximum atomic E-state index is 12.3. The monoisotopic (exact) mass is 403 g/mol. The van der Waals surface area contributed by atoms with E-state index in [1.54, 1.807) is 0 Å². The molecule has 0 saturated carbocycles. The Hall–Kier alpha value is -3.32. The molecule has 4 aromatic rings. The number of nitrogens with one attached hydrogen (secondary N) is 1. The average molecular weight is 404 g/mol. The van der Waals surface area contributed by atoms with Gasteiger partial charge < -0.3 is 5.32 Å². The lowest BCUT2D eigenvalue weighted by Gasteiger charge is -2.11. The van der Waals surface area contributed by atoms with Crippen LogP contribution in [0.4, 0.5) is 0 Å². The zero-order valence-electron chi connectivity index (χ0n) is 16.0. The minimum Gasteiger partial charge on any atom is -0.351 e. The zero-order valence-corrected chi connectivity index (χ0v) is 16.8. The van der Waals surface area contributed by atoms with Gasteiger partial charge >= 0.3 is 0 Å². The Bertz CT molecular complexity index is 1070. The second kappa shape index (κ2) is 8.79. The maximum absolute atomic E-state index is 12.3. The SMILES string of the molecule is Cc1ccc(CNC(=O)CSc2nnc(-c3ccccc3)n2-n2cccc2)cc1. The average Bonchev–Trinajstić information content (AvgIpc) is 3.42. The topological polar surface area (TPSA) is 64.7 Å². The fraction of sp³-hybridized carbons (Fsp3) is 0.136. The van der Waals surface area contributed by atoms with Crippen LogP contribution >= 0.6 is 11.8 Å². The van der Waals surface area contributed by atoms with Gasteiger partial charge in [-0.1, -0.05) is 71.9 Å². The summed E-state index contributed by atoms with van der Waals surface area (Å²) >= 11 is 1.36. The fourth-order valence-electron chi connectivity index (χ4n) is 2.88. The van der Waals surface area contributed by atoms with Gasteiger partial charge in [0.05, 0.1) is 5.75 Å². The highest BCUT2D eigenvalue weighted by molar-refractivity contribution is 7.99. The fourth-order valence-corrected chi connectivity index (χ4v) is 3.64. The normalized spacial score (nSPS) is 10.8. The predicted molar refractivity (Wildman–Crippen MR) is 114 cm³/mol. The van der Waals surface area contributed by atoms with Gasteiger partial charge in [-0.15, -0.1) is 10.2 Å². The number of carbonyl (C=O) groups excluding carboxylic acids is 1. The Morgan fingerprint density at radius 1 is 0.966 bits per heavy atom. The summed E-state index contributed by atoms with van der Waals surface area (Å²) in [7, 11) is 0. The summed E-state index contributed by atoms with van der Waals surface area (Å²) < 4.78 is 3.82. The van der Waals surface area contributed by atoms with Crippen LogP contribution in [0.2, 0.25) is 0 Å². The maximum Gasteiger partial charge on any atom is 0.230 e. The first kappa shape index (κ1) is 19.0. The van der Waals surface area contributed by atoms with Crippen molar-refractivity contribution in [2.45, 2.75) is 18.6 Å². The second-order valence-corrected chi connectivity index (χ2v) is 7.54. The molecule has 0 aliphatic carbocycles. The number of hydrogen-bond acceptors (Lipinski definition) is 4. The molecule has 146 valence electrons. The van der Waals surface area contributed by atoms with Crippen LogP contribution in [0, 0.1) is 6.92 Å². The lowest BCUT2D eigenvalue weighted by atomic mass is 10.1. The van der Waals surface area contributed by atoms with E-state index in [4.69, 9.17) is 0 Å². The molecule has 0 fully saturated rings. The van der Waals surface area contributed by atoms with Crippen molar-refractivity contribution in [1.29, 1.82) is 0 Å². The van der Waals surface area contributed by atoms with Gasteiger partial charge in [0.15, 0.2) is 5.82 Å². The second-order valence-electron chi connectivity index (χ2n) is 6.60. The van der Waals surface area contributed by atoms with Crippen LogP contribution < -0.4 is 5.32 Å². The molecule has 1 N–H and O–H groups in total. The lowest BCUT2D eigenvalue weighted by molar-refractivity contribution is -0.118. The number of aryl methyl sites for hydroxylation is 1. The summed E-state index contributed by atoms with van der Waals surface area (Å²) in [6.45, 7) is 2.56. The molecule has 2 aromatic heterocycles. The molecule has 0 aliphatic heterocycles. The first-order valence-corrected chi connectivity index (χ1v) is 10.3. The number of benzene rings is 2. The van der Waals surface area contributed by atoms with E-state index in [1.807, 2.05) is 95.4 Å². The Morgan fingerprint density at radius 2 is 1.69 bits per heavy atom. The number of amides is 1. The van der Waals surface area contributed by atoms with E-state index in [0.29, 0.717) is 11.7 Å². The van der Waals surface area contributed by atoms with E-state index in [2.05, 4.69) is 15.5 Å². The molecule has 29 heavy (non-hydrogen) atoms. The molecule has 0 unspecified atom stereocenters. The van der Waals surface area contributed by atoms with E-state index >= 15 is 0 Å². The molecule has 0 spiro atoms. The highest BCUT2D eigenvalue weighted by Gasteiger charge is 2.16. The lowest BCUT2D eigenvalue weighted by Crippen LogP contribution is -2.24. The van der Waals surface area contributed by atoms with Crippen molar-refractivity contribution in [3.63, 3.8) is 0 Å². The van der Waals surface area contributed by atoms with E-state index in [0.717, 1.165) is 17.0 Å². The highest BCUT2D eigenvalue weighted by Crippen LogP contribution is 2.24. The molecule has 0 saturated heterocycles. The molecule has 2 aromatic carbocycles. The first-order valence-electron chi connectivity index (χ1n) is 9.30. The third-order valence-electron chi connectivity index (χ3n) is 4.41. The number of rotatable bonds is 7. The van der Waals surface area contributed by atoms with Crippen molar-refractivity contribution in [2.75, 3.05) is 5.75 Å². The summed E-state index contributed by atoms with van der Waals surface area (Å²) in [6.07, 6.45) is 3.86. The van der Waals surface area contributed by atoms with E-state index in [-0.39, 0.29) is 11.7 Å². The van der Waals surface area contributed by atoms with Crippen molar-refractivity contribution < 1.29 is 4.79 Å². The van der Waals surface area contributed by atoms with Crippen LogP contribution in [-0.2, 0) is 11.3 Å². The molecular formula is C22H21N5OS. The van der Waals surface area contributed by atoms with Crippen LogP contribution in [0.25, 0.3) is 11.4 Å². The quantitative estimate of drug-likeness (QED) is 0.477. The Balaban J connectivity index is 1.46. The van der Waals surface area contributed by atoms with Crippen LogP contribution in [0.5, 0.6) is 0 Å². The van der Waals surface area contributed by atoms with Gasteiger partial charge in [-0.05, 0) is 24.6 Å². The molecule has 0 aliphatic rings. The number of hydrogen-bond donors (Lipinski definition) is 1. The van der Waals surface area contributed by atoms with Crippen LogP contribution in [0.1, 0.15) is 11.1 Å². The van der Waals surface area contributed by atoms with Gasteiger partial charge in [0.25, 0.3) is 0 Å². The molecule has 7 heteroatoms. The Kier molecular flexibility index (Phi) is 5.76. The van der Waals surface area contributed by atoms with Crippen molar-refractivity contribution >= 4 is 17.7 Å². The largest absolute Gasteiger partial charge is 0.351 e. The first-order chi connectivity index (χ1) is 14.2. The molecule has 0 atom stereocenters. The van der Waals surface area contributed by atoms with Crippen molar-refractivity contribution in [2.24, 2.45) is 0 Å². The predicted octanol–water partition coefficient (Wildman–Crippen LogP) is 3.77. The van der Waals surface area contributed by atoms with Gasteiger partial charge in [0, 0.05) is 24.5 Å². The minimum atomic E-state index is -0.0427. The molecule has 6 nitrogen and oxygen atoms in total. The standard InChI is InChI=1S/C22H21N5OS/c1-17-9-11-18(12-10-17)15-23-20(28)16-29-22-25-24-21(19-7-3-2-4-8-19)27(22)26-13-5-6-14-26/h2-14H,15-16H2,1H3,(H,23,28). The van der Waals surface area contributed by atoms with Gasteiger partial charge in [0.1, 0.15) is 0 Å². The van der Waals surface area contributed by atoms with Crippen LogP contribution in [0.3, 0.4) is 0 Å². The highest BCUT2D eigenvalue weighted by atomic mass is 32.2. The number of aromatic nitrogens is 4. The third kappa shape index (κ3) is 4.57. The summed E-state index contributed by atoms with van der Waals surface area (Å²) in [6, 6.07) is 21.9. The Morgan fingerprint density at radius 3 is 2.41 bits per heavy atom. The van der Waals surface area contributed by atoms with Crippen LogP contribution in [-0.4, -0.2) is 31.2 Å². The van der Waals surface area contributed by atoms with Crippen molar-refractivity contribution in [3.8, 4) is 11.4 Å². The number of thioether (sulfide) groups is 1.